The lowest BCUT2D eigenvalue weighted by atomic mass is 10.0. The molecule has 1 aliphatic heterocycles. The van der Waals surface area contributed by atoms with Crippen LogP contribution in [0, 0.1) is 0 Å². The Bertz CT molecular complexity index is 1250. The van der Waals surface area contributed by atoms with Crippen LogP contribution in [0.5, 0.6) is 0 Å². The number of aliphatic hydroxyl groups is 2. The summed E-state index contributed by atoms with van der Waals surface area (Å²) in [6.07, 6.45) is -0.410. The van der Waals surface area contributed by atoms with Gasteiger partial charge in [-0.3, -0.25) is 0 Å². The standard InChI is InChI=1S/C36H54N2O5Si2/c1-26(2)44(27(3)4)41-25-34(40)35(42-45(43-44,28(5)6)29(7)8)21-33(39)32-19-20-36(37-22-32)38(23-30-15-11-9-12-16-30)24-31-17-13-10-14-18-31/h9-20,22,26-29,33-35,39-40H,21,23-25H2,1-8H3/t33?,34-,35+/m1/s1. The molecule has 2 aromatic carbocycles. The van der Waals surface area contributed by atoms with Gasteiger partial charge in [-0.1, -0.05) is 122 Å². The highest BCUT2D eigenvalue weighted by Crippen LogP contribution is 2.46. The maximum Gasteiger partial charge on any atom is 0.335 e. The van der Waals surface area contributed by atoms with Gasteiger partial charge in [0.25, 0.3) is 0 Å². The minimum Gasteiger partial charge on any atom is -0.414 e. The van der Waals surface area contributed by atoms with E-state index in [1.165, 1.54) is 11.1 Å². The molecule has 1 aliphatic rings. The molecule has 45 heavy (non-hydrogen) atoms. The van der Waals surface area contributed by atoms with E-state index in [1.807, 2.05) is 24.3 Å². The largest absolute Gasteiger partial charge is 0.414 e. The van der Waals surface area contributed by atoms with E-state index in [4.69, 9.17) is 18.0 Å². The molecule has 4 rings (SSSR count). The molecule has 0 amide bonds. The van der Waals surface area contributed by atoms with Gasteiger partial charge in [0, 0.05) is 25.7 Å². The zero-order valence-electron chi connectivity index (χ0n) is 28.4. The monoisotopic (exact) mass is 650 g/mol. The molecule has 2 heterocycles. The molecule has 7 nitrogen and oxygen atoms in total. The summed E-state index contributed by atoms with van der Waals surface area (Å²) in [5.41, 5.74) is 3.76. The Kier molecular flexibility index (Phi) is 12.2. The van der Waals surface area contributed by atoms with E-state index in [0.717, 1.165) is 5.82 Å². The van der Waals surface area contributed by atoms with Gasteiger partial charge in [-0.2, -0.15) is 0 Å². The number of rotatable bonds is 12. The van der Waals surface area contributed by atoms with Crippen molar-refractivity contribution >= 4 is 22.9 Å². The highest BCUT2D eigenvalue weighted by Gasteiger charge is 2.58. The van der Waals surface area contributed by atoms with Gasteiger partial charge in [0.15, 0.2) is 0 Å². The van der Waals surface area contributed by atoms with E-state index in [2.05, 4.69) is 109 Å². The number of hydrogen-bond donors (Lipinski definition) is 2. The summed E-state index contributed by atoms with van der Waals surface area (Å²) in [7, 11) is -5.64. The third kappa shape index (κ3) is 8.32. The number of nitrogens with zero attached hydrogens (tertiary/aromatic N) is 2. The molecule has 1 aromatic heterocycles. The van der Waals surface area contributed by atoms with Crippen LogP contribution in [0.25, 0.3) is 0 Å². The van der Waals surface area contributed by atoms with Gasteiger partial charge in [0.1, 0.15) is 11.9 Å². The second-order valence-electron chi connectivity index (χ2n) is 13.7. The second kappa shape index (κ2) is 15.5. The van der Waals surface area contributed by atoms with Gasteiger partial charge in [0.05, 0.1) is 18.8 Å². The Balaban J connectivity index is 1.56. The zero-order valence-corrected chi connectivity index (χ0v) is 30.4. The zero-order chi connectivity index (χ0) is 32.8. The van der Waals surface area contributed by atoms with Crippen molar-refractivity contribution in [1.82, 2.24) is 4.98 Å². The van der Waals surface area contributed by atoms with Gasteiger partial charge in [-0.15, -0.1) is 0 Å². The Morgan fingerprint density at radius 3 is 1.71 bits per heavy atom. The molecule has 1 fully saturated rings. The van der Waals surface area contributed by atoms with Gasteiger partial charge >= 0.3 is 17.1 Å². The summed E-state index contributed by atoms with van der Waals surface area (Å²) in [4.78, 5) is 7.05. The lowest BCUT2D eigenvalue weighted by Crippen LogP contribution is -2.65. The van der Waals surface area contributed by atoms with Crippen molar-refractivity contribution in [1.29, 1.82) is 0 Å². The summed E-state index contributed by atoms with van der Waals surface area (Å²) in [5, 5.41) is 22.9. The van der Waals surface area contributed by atoms with E-state index < -0.39 is 35.4 Å². The molecule has 0 spiro atoms. The van der Waals surface area contributed by atoms with Crippen LogP contribution >= 0.6 is 0 Å². The summed E-state index contributed by atoms with van der Waals surface area (Å²) in [5.74, 6) is 0.831. The van der Waals surface area contributed by atoms with Gasteiger partial charge in [0.2, 0.25) is 0 Å². The van der Waals surface area contributed by atoms with Crippen molar-refractivity contribution in [3.05, 3.63) is 95.7 Å². The van der Waals surface area contributed by atoms with Crippen LogP contribution in [0.2, 0.25) is 22.2 Å². The number of anilines is 1. The van der Waals surface area contributed by atoms with Crippen molar-refractivity contribution in [2.24, 2.45) is 0 Å². The first-order valence-corrected chi connectivity index (χ1v) is 20.5. The molecule has 0 aliphatic carbocycles. The van der Waals surface area contributed by atoms with Gasteiger partial charge in [-0.05, 0) is 44.9 Å². The molecule has 9 heteroatoms. The normalized spacial score (nSPS) is 20.8. The maximum atomic E-state index is 11.5. The smallest absolute Gasteiger partial charge is 0.335 e. The first kappa shape index (κ1) is 35.5. The summed E-state index contributed by atoms with van der Waals surface area (Å²) in [6.45, 7) is 18.8. The Morgan fingerprint density at radius 2 is 1.27 bits per heavy atom. The van der Waals surface area contributed by atoms with Crippen LogP contribution in [-0.2, 0) is 26.1 Å². The molecule has 0 saturated carbocycles. The number of pyridine rings is 1. The van der Waals surface area contributed by atoms with Crippen LogP contribution in [0.1, 0.15) is 84.6 Å². The average Bonchev–Trinajstić information content (AvgIpc) is 3.01. The van der Waals surface area contributed by atoms with Crippen molar-refractivity contribution < 1.29 is 23.2 Å². The minimum absolute atomic E-state index is 0.131. The summed E-state index contributed by atoms with van der Waals surface area (Å²) in [6, 6.07) is 24.6. The third-order valence-electron chi connectivity index (χ3n) is 9.15. The molecule has 0 radical (unpaired) electrons. The molecule has 1 unspecified atom stereocenters. The average molecular weight is 651 g/mol. The van der Waals surface area contributed by atoms with E-state index in [9.17, 15) is 10.2 Å². The Morgan fingerprint density at radius 1 is 0.756 bits per heavy atom. The lowest BCUT2D eigenvalue weighted by Gasteiger charge is -2.51. The number of hydrogen-bond acceptors (Lipinski definition) is 7. The molecule has 2 N–H and O–H groups in total. The van der Waals surface area contributed by atoms with Gasteiger partial charge in [-0.25, -0.2) is 4.98 Å². The first-order valence-electron chi connectivity index (χ1n) is 16.5. The Hall–Kier alpha value is -2.38. The number of benzene rings is 2. The van der Waals surface area contributed by atoms with Crippen molar-refractivity contribution in [2.45, 2.75) is 115 Å². The second-order valence-corrected chi connectivity index (χ2v) is 22.6. The molecule has 3 atom stereocenters. The quantitative estimate of drug-likeness (QED) is 0.192. The molecule has 1 saturated heterocycles. The topological polar surface area (TPSA) is 84.3 Å². The van der Waals surface area contributed by atoms with E-state index in [1.54, 1.807) is 6.20 Å². The van der Waals surface area contributed by atoms with E-state index in [0.29, 0.717) is 18.7 Å². The van der Waals surface area contributed by atoms with E-state index >= 15 is 0 Å². The van der Waals surface area contributed by atoms with Crippen LogP contribution in [0.4, 0.5) is 5.82 Å². The predicted octanol–water partition coefficient (Wildman–Crippen LogP) is 8.03. The molecular formula is C36H54N2O5Si2. The van der Waals surface area contributed by atoms with Crippen molar-refractivity contribution in [2.75, 3.05) is 11.5 Å². The van der Waals surface area contributed by atoms with Gasteiger partial charge < -0.3 is 28.1 Å². The van der Waals surface area contributed by atoms with Crippen molar-refractivity contribution in [3.63, 3.8) is 0 Å². The lowest BCUT2D eigenvalue weighted by molar-refractivity contribution is -0.0551. The highest BCUT2D eigenvalue weighted by atomic mass is 28.5. The Labute approximate surface area is 273 Å². The highest BCUT2D eigenvalue weighted by molar-refractivity contribution is 6.83. The SMILES string of the molecule is CC(C)[Si]1(C(C)C)OC[C@@H](O)[C@H](CC(O)c2ccc(N(Cc3ccccc3)Cc3ccccc3)nc2)O[Si](C(C)C)(C(C)C)O1. The fourth-order valence-electron chi connectivity index (χ4n) is 6.52. The van der Waals surface area contributed by atoms with Crippen LogP contribution in [0.15, 0.2) is 79.0 Å². The van der Waals surface area contributed by atoms with Crippen LogP contribution < -0.4 is 4.90 Å². The van der Waals surface area contributed by atoms with Crippen LogP contribution in [-0.4, -0.2) is 51.1 Å². The number of aliphatic hydroxyl groups excluding tert-OH is 2. The minimum atomic E-state index is -2.91. The summed E-state index contributed by atoms with van der Waals surface area (Å²) >= 11 is 0. The third-order valence-corrected chi connectivity index (χ3v) is 19.4. The number of aromatic nitrogens is 1. The van der Waals surface area contributed by atoms with Crippen LogP contribution in [0.3, 0.4) is 0 Å². The van der Waals surface area contributed by atoms with E-state index in [-0.39, 0.29) is 35.2 Å². The predicted molar refractivity (Wildman–Crippen MR) is 186 cm³/mol. The molecule has 3 aromatic rings. The first-order chi connectivity index (χ1) is 21.4. The maximum absolute atomic E-state index is 11.5. The molecular weight excluding hydrogens is 597 g/mol. The summed E-state index contributed by atoms with van der Waals surface area (Å²) < 4.78 is 20.9. The fourth-order valence-corrected chi connectivity index (χ4v) is 17.7. The molecule has 246 valence electrons. The fraction of sp³-hybridized carbons (Fsp3) is 0.528. The molecule has 0 bridgehead atoms. The van der Waals surface area contributed by atoms with Crippen molar-refractivity contribution in [3.8, 4) is 0 Å².